The molecule has 2 unspecified atom stereocenters. The fourth-order valence-corrected chi connectivity index (χ4v) is 1.84. The number of rotatable bonds is 5. The van der Waals surface area contributed by atoms with Gasteiger partial charge in [-0.25, -0.2) is 4.39 Å². The van der Waals surface area contributed by atoms with E-state index < -0.39 is 0 Å². The largest absolute Gasteiger partial charge is 0.349 e. The average Bonchev–Trinajstić information content (AvgIpc) is 2.29. The number of halogens is 1. The zero-order valence-electron chi connectivity index (χ0n) is 11.1. The third-order valence-electron chi connectivity index (χ3n) is 3.12. The van der Waals surface area contributed by atoms with Gasteiger partial charge in [0.25, 0.3) is 0 Å². The molecule has 1 rings (SSSR count). The van der Waals surface area contributed by atoms with Crippen LogP contribution in [-0.2, 0) is 4.79 Å². The summed E-state index contributed by atoms with van der Waals surface area (Å²) < 4.78 is 12.8. The van der Waals surface area contributed by atoms with Crippen molar-refractivity contribution in [2.45, 2.75) is 26.8 Å². The lowest BCUT2D eigenvalue weighted by Gasteiger charge is -2.21. The van der Waals surface area contributed by atoms with Gasteiger partial charge in [-0.3, -0.25) is 4.79 Å². The minimum atomic E-state index is -0.278. The summed E-state index contributed by atoms with van der Waals surface area (Å²) in [6, 6.07) is 5.98. The number of carbonyl (C=O) groups excluding carboxylic acids is 1. The van der Waals surface area contributed by atoms with Crippen LogP contribution in [0.4, 0.5) is 4.39 Å². The van der Waals surface area contributed by atoms with E-state index in [1.165, 1.54) is 12.1 Å². The van der Waals surface area contributed by atoms with Gasteiger partial charge in [0.15, 0.2) is 0 Å². The number of carbonyl (C=O) groups is 1. The molecule has 0 bridgehead atoms. The maximum absolute atomic E-state index is 12.8. The molecule has 4 heteroatoms. The van der Waals surface area contributed by atoms with Gasteiger partial charge in [0.2, 0.25) is 5.91 Å². The molecule has 18 heavy (non-hydrogen) atoms. The number of nitrogens with one attached hydrogen (secondary N) is 1. The van der Waals surface area contributed by atoms with Crippen molar-refractivity contribution >= 4 is 5.91 Å². The molecule has 100 valence electrons. The molecule has 0 saturated carbocycles. The molecular weight excluding hydrogens is 231 g/mol. The molecule has 0 aliphatic heterocycles. The molecule has 0 saturated heterocycles. The second-order valence-electron chi connectivity index (χ2n) is 4.87. The highest BCUT2D eigenvalue weighted by atomic mass is 19.1. The molecule has 1 aromatic carbocycles. The molecule has 1 aromatic rings. The van der Waals surface area contributed by atoms with E-state index in [1.807, 2.05) is 20.8 Å². The van der Waals surface area contributed by atoms with Crippen molar-refractivity contribution < 1.29 is 9.18 Å². The SMILES string of the molecule is CC(NC(=O)C(CN)C(C)C)c1ccc(F)cc1. The van der Waals surface area contributed by atoms with Crippen LogP contribution in [0.3, 0.4) is 0 Å². The topological polar surface area (TPSA) is 55.1 Å². The predicted octanol–water partition coefficient (Wildman–Crippen LogP) is 2.23. The van der Waals surface area contributed by atoms with Gasteiger partial charge in [-0.15, -0.1) is 0 Å². The lowest BCUT2D eigenvalue weighted by atomic mass is 9.94. The number of nitrogens with two attached hydrogens (primary N) is 1. The predicted molar refractivity (Wildman–Crippen MR) is 70.3 cm³/mol. The molecule has 2 atom stereocenters. The van der Waals surface area contributed by atoms with E-state index in [4.69, 9.17) is 5.73 Å². The first-order valence-corrected chi connectivity index (χ1v) is 6.21. The smallest absolute Gasteiger partial charge is 0.225 e. The summed E-state index contributed by atoms with van der Waals surface area (Å²) in [6.45, 7) is 6.15. The van der Waals surface area contributed by atoms with Gasteiger partial charge < -0.3 is 11.1 Å². The lowest BCUT2D eigenvalue weighted by Crippen LogP contribution is -2.39. The molecule has 0 spiro atoms. The van der Waals surface area contributed by atoms with Crippen LogP contribution < -0.4 is 11.1 Å². The Kier molecular flexibility index (Phi) is 5.28. The average molecular weight is 252 g/mol. The molecule has 0 radical (unpaired) electrons. The second-order valence-corrected chi connectivity index (χ2v) is 4.87. The van der Waals surface area contributed by atoms with Crippen LogP contribution in [0.15, 0.2) is 24.3 Å². The second kappa shape index (κ2) is 6.50. The normalized spacial score (nSPS) is 14.3. The first-order valence-electron chi connectivity index (χ1n) is 6.21. The van der Waals surface area contributed by atoms with Gasteiger partial charge in [0.05, 0.1) is 12.0 Å². The summed E-state index contributed by atoms with van der Waals surface area (Å²) in [5.74, 6) is -0.313. The van der Waals surface area contributed by atoms with Crippen molar-refractivity contribution in [1.82, 2.24) is 5.32 Å². The Morgan fingerprint density at radius 3 is 2.28 bits per heavy atom. The molecule has 0 heterocycles. The maximum atomic E-state index is 12.8. The van der Waals surface area contributed by atoms with Crippen molar-refractivity contribution in [3.8, 4) is 0 Å². The highest BCUT2D eigenvalue weighted by Crippen LogP contribution is 2.15. The first kappa shape index (κ1) is 14.6. The summed E-state index contributed by atoms with van der Waals surface area (Å²) in [7, 11) is 0. The van der Waals surface area contributed by atoms with Crippen LogP contribution in [0.2, 0.25) is 0 Å². The fraction of sp³-hybridized carbons (Fsp3) is 0.500. The summed E-state index contributed by atoms with van der Waals surface area (Å²) >= 11 is 0. The molecule has 0 fully saturated rings. The minimum Gasteiger partial charge on any atom is -0.349 e. The van der Waals surface area contributed by atoms with Crippen LogP contribution in [0, 0.1) is 17.7 Å². The molecule has 0 aromatic heterocycles. The van der Waals surface area contributed by atoms with Gasteiger partial charge >= 0.3 is 0 Å². The Morgan fingerprint density at radius 2 is 1.83 bits per heavy atom. The van der Waals surface area contributed by atoms with Crippen molar-refractivity contribution in [1.29, 1.82) is 0 Å². The highest BCUT2D eigenvalue weighted by molar-refractivity contribution is 5.79. The number of hydrogen-bond donors (Lipinski definition) is 2. The van der Waals surface area contributed by atoms with Crippen molar-refractivity contribution in [3.63, 3.8) is 0 Å². The van der Waals surface area contributed by atoms with E-state index >= 15 is 0 Å². The van der Waals surface area contributed by atoms with Crippen molar-refractivity contribution in [2.24, 2.45) is 17.6 Å². The molecule has 3 N–H and O–H groups in total. The monoisotopic (exact) mass is 252 g/mol. The van der Waals surface area contributed by atoms with E-state index in [9.17, 15) is 9.18 Å². The number of amides is 1. The first-order chi connectivity index (χ1) is 8.45. The van der Waals surface area contributed by atoms with Gasteiger partial charge in [-0.1, -0.05) is 26.0 Å². The Balaban J connectivity index is 2.66. The van der Waals surface area contributed by atoms with Gasteiger partial charge in [0.1, 0.15) is 5.82 Å². The zero-order valence-corrected chi connectivity index (χ0v) is 11.1. The van der Waals surface area contributed by atoms with E-state index in [1.54, 1.807) is 12.1 Å². The Bertz CT molecular complexity index is 389. The van der Waals surface area contributed by atoms with Crippen LogP contribution in [-0.4, -0.2) is 12.5 Å². The van der Waals surface area contributed by atoms with Crippen molar-refractivity contribution in [3.05, 3.63) is 35.6 Å². The zero-order chi connectivity index (χ0) is 13.7. The van der Waals surface area contributed by atoms with Crippen LogP contribution in [0.1, 0.15) is 32.4 Å². The Morgan fingerprint density at radius 1 is 1.28 bits per heavy atom. The minimum absolute atomic E-state index is 0.0516. The van der Waals surface area contributed by atoms with E-state index in [-0.39, 0.29) is 29.6 Å². The summed E-state index contributed by atoms with van der Waals surface area (Å²) in [6.07, 6.45) is 0. The van der Waals surface area contributed by atoms with Crippen LogP contribution >= 0.6 is 0 Å². The summed E-state index contributed by atoms with van der Waals surface area (Å²) in [5, 5.41) is 2.91. The standard InChI is InChI=1S/C14H21FN2O/c1-9(2)13(8-16)14(18)17-10(3)11-4-6-12(15)7-5-11/h4-7,9-10,13H,8,16H2,1-3H3,(H,17,18). The highest BCUT2D eigenvalue weighted by Gasteiger charge is 2.22. The number of hydrogen-bond acceptors (Lipinski definition) is 2. The van der Waals surface area contributed by atoms with E-state index in [0.717, 1.165) is 5.56 Å². The molecule has 0 aliphatic carbocycles. The van der Waals surface area contributed by atoms with E-state index in [0.29, 0.717) is 6.54 Å². The molecule has 3 nitrogen and oxygen atoms in total. The lowest BCUT2D eigenvalue weighted by molar-refractivity contribution is -0.126. The van der Waals surface area contributed by atoms with Gasteiger partial charge in [0, 0.05) is 6.54 Å². The maximum Gasteiger partial charge on any atom is 0.225 e. The summed E-state index contributed by atoms with van der Waals surface area (Å²) in [4.78, 5) is 12.0. The third-order valence-corrected chi connectivity index (χ3v) is 3.12. The quantitative estimate of drug-likeness (QED) is 0.844. The number of benzene rings is 1. The third kappa shape index (κ3) is 3.81. The van der Waals surface area contributed by atoms with E-state index in [2.05, 4.69) is 5.32 Å². The molecule has 1 amide bonds. The molecule has 0 aliphatic rings. The Labute approximate surface area is 108 Å². The fourth-order valence-electron chi connectivity index (χ4n) is 1.84. The Hall–Kier alpha value is -1.42. The van der Waals surface area contributed by atoms with Crippen LogP contribution in [0.25, 0.3) is 0 Å². The van der Waals surface area contributed by atoms with Gasteiger partial charge in [-0.05, 0) is 30.5 Å². The summed E-state index contributed by atoms with van der Waals surface area (Å²) in [5.41, 5.74) is 6.48. The van der Waals surface area contributed by atoms with Crippen LogP contribution in [0.5, 0.6) is 0 Å². The molecular formula is C14H21FN2O. The van der Waals surface area contributed by atoms with Crippen molar-refractivity contribution in [2.75, 3.05) is 6.54 Å². The van der Waals surface area contributed by atoms with Gasteiger partial charge in [-0.2, -0.15) is 0 Å².